The van der Waals surface area contributed by atoms with Crippen LogP contribution in [0.5, 0.6) is 0 Å². The molecule has 0 unspecified atom stereocenters. The number of aromatic nitrogens is 1. The van der Waals surface area contributed by atoms with Crippen molar-refractivity contribution in [3.05, 3.63) is 30.2 Å². The molecule has 0 aromatic carbocycles. The van der Waals surface area contributed by atoms with Crippen LogP contribution in [0.1, 0.15) is 36.2 Å². The highest BCUT2D eigenvalue weighted by Gasteiger charge is 2.35. The molecule has 20 heavy (non-hydrogen) atoms. The average Bonchev–Trinajstić information content (AvgIpc) is 3.19. The highest BCUT2D eigenvalue weighted by Crippen LogP contribution is 2.29. The first-order valence-electron chi connectivity index (χ1n) is 6.66. The number of amides is 1. The standard InChI is InChI=1S/C14H16N2O4/c17-9-14(5-1-2-6-14)15-13(18)10-8-12(20-16-10)11-4-3-7-19-11/h3-4,7-8,17H,1-2,5-6,9H2,(H,15,18). The van der Waals surface area contributed by atoms with E-state index in [0.29, 0.717) is 11.5 Å². The van der Waals surface area contributed by atoms with E-state index in [4.69, 9.17) is 8.94 Å². The zero-order valence-corrected chi connectivity index (χ0v) is 11.0. The van der Waals surface area contributed by atoms with E-state index in [1.54, 1.807) is 12.1 Å². The Kier molecular flexibility index (Phi) is 3.31. The zero-order chi connectivity index (χ0) is 14.0. The van der Waals surface area contributed by atoms with Gasteiger partial charge < -0.3 is 19.4 Å². The van der Waals surface area contributed by atoms with Gasteiger partial charge in [-0.15, -0.1) is 0 Å². The Morgan fingerprint density at radius 2 is 2.20 bits per heavy atom. The summed E-state index contributed by atoms with van der Waals surface area (Å²) in [6.45, 7) is -0.0539. The summed E-state index contributed by atoms with van der Waals surface area (Å²) in [5, 5.41) is 16.1. The number of carbonyl (C=O) groups excluding carboxylic acids is 1. The van der Waals surface area contributed by atoms with Crippen LogP contribution in [0.3, 0.4) is 0 Å². The smallest absolute Gasteiger partial charge is 0.273 e. The molecule has 6 heteroatoms. The number of hydrogen-bond acceptors (Lipinski definition) is 5. The molecule has 6 nitrogen and oxygen atoms in total. The fourth-order valence-corrected chi connectivity index (χ4v) is 2.60. The summed E-state index contributed by atoms with van der Waals surface area (Å²) < 4.78 is 10.3. The van der Waals surface area contributed by atoms with Gasteiger partial charge in [0.25, 0.3) is 5.91 Å². The zero-order valence-electron chi connectivity index (χ0n) is 11.0. The molecule has 0 spiro atoms. The summed E-state index contributed by atoms with van der Waals surface area (Å²) in [5.41, 5.74) is -0.322. The monoisotopic (exact) mass is 276 g/mol. The van der Waals surface area contributed by atoms with Gasteiger partial charge in [0.15, 0.2) is 11.5 Å². The molecule has 2 heterocycles. The van der Waals surface area contributed by atoms with E-state index >= 15 is 0 Å². The number of aliphatic hydroxyl groups excluding tert-OH is 1. The van der Waals surface area contributed by atoms with Crippen LogP contribution in [0.4, 0.5) is 0 Å². The third-order valence-corrected chi connectivity index (χ3v) is 3.75. The lowest BCUT2D eigenvalue weighted by Gasteiger charge is -2.27. The number of nitrogens with zero attached hydrogens (tertiary/aromatic N) is 1. The topological polar surface area (TPSA) is 88.5 Å². The second kappa shape index (κ2) is 5.13. The van der Waals surface area contributed by atoms with Crippen molar-refractivity contribution in [1.82, 2.24) is 10.5 Å². The number of furan rings is 1. The molecule has 3 rings (SSSR count). The van der Waals surface area contributed by atoms with Crippen LogP contribution in [-0.2, 0) is 0 Å². The van der Waals surface area contributed by atoms with Crippen molar-refractivity contribution in [2.24, 2.45) is 0 Å². The Morgan fingerprint density at radius 1 is 1.40 bits per heavy atom. The first-order valence-corrected chi connectivity index (χ1v) is 6.66. The van der Waals surface area contributed by atoms with Crippen molar-refractivity contribution in [1.29, 1.82) is 0 Å². The molecule has 0 aliphatic heterocycles. The lowest BCUT2D eigenvalue weighted by Crippen LogP contribution is -2.49. The molecule has 1 aliphatic rings. The molecule has 2 aromatic rings. The number of aliphatic hydroxyl groups is 1. The van der Waals surface area contributed by atoms with Gasteiger partial charge in [-0.2, -0.15) is 0 Å². The molecule has 1 saturated carbocycles. The van der Waals surface area contributed by atoms with E-state index in [-0.39, 0.29) is 18.2 Å². The Bertz CT molecular complexity index is 582. The maximum absolute atomic E-state index is 12.2. The van der Waals surface area contributed by atoms with E-state index in [2.05, 4.69) is 10.5 Å². The summed E-state index contributed by atoms with van der Waals surface area (Å²) in [4.78, 5) is 12.2. The first kappa shape index (κ1) is 12.9. The fourth-order valence-electron chi connectivity index (χ4n) is 2.60. The minimum Gasteiger partial charge on any atom is -0.461 e. The molecular formula is C14H16N2O4. The average molecular weight is 276 g/mol. The van der Waals surface area contributed by atoms with Gasteiger partial charge >= 0.3 is 0 Å². The molecule has 0 atom stereocenters. The Hall–Kier alpha value is -2.08. The highest BCUT2D eigenvalue weighted by atomic mass is 16.5. The van der Waals surface area contributed by atoms with Crippen molar-refractivity contribution in [2.45, 2.75) is 31.2 Å². The predicted octanol–water partition coefficient (Wildman–Crippen LogP) is 1.97. The predicted molar refractivity (Wildman–Crippen MR) is 70.0 cm³/mol. The summed E-state index contributed by atoms with van der Waals surface area (Å²) in [7, 11) is 0. The molecule has 1 fully saturated rings. The normalized spacial score (nSPS) is 17.2. The Morgan fingerprint density at radius 3 is 2.85 bits per heavy atom. The molecule has 1 amide bonds. The van der Waals surface area contributed by atoms with Crippen LogP contribution in [0.15, 0.2) is 33.4 Å². The van der Waals surface area contributed by atoms with E-state index in [9.17, 15) is 9.90 Å². The van der Waals surface area contributed by atoms with E-state index < -0.39 is 5.54 Å². The highest BCUT2D eigenvalue weighted by molar-refractivity contribution is 5.93. The third kappa shape index (κ3) is 2.34. The van der Waals surface area contributed by atoms with Crippen LogP contribution in [0.25, 0.3) is 11.5 Å². The van der Waals surface area contributed by atoms with Gasteiger partial charge in [-0.3, -0.25) is 4.79 Å². The minimum absolute atomic E-state index is 0.0539. The SMILES string of the molecule is O=C(NC1(CO)CCCC1)c1cc(-c2ccco2)on1. The molecular weight excluding hydrogens is 260 g/mol. The van der Waals surface area contributed by atoms with Crippen LogP contribution in [0, 0.1) is 0 Å². The largest absolute Gasteiger partial charge is 0.461 e. The van der Waals surface area contributed by atoms with Gasteiger partial charge in [0.2, 0.25) is 5.76 Å². The van der Waals surface area contributed by atoms with Gasteiger partial charge in [0.05, 0.1) is 18.4 Å². The van der Waals surface area contributed by atoms with Crippen molar-refractivity contribution < 1.29 is 18.8 Å². The van der Waals surface area contributed by atoms with Crippen molar-refractivity contribution in [3.63, 3.8) is 0 Å². The molecule has 1 aliphatic carbocycles. The number of hydrogen-bond donors (Lipinski definition) is 2. The van der Waals surface area contributed by atoms with E-state index in [1.807, 2.05) is 0 Å². The van der Waals surface area contributed by atoms with E-state index in [0.717, 1.165) is 25.7 Å². The quantitative estimate of drug-likeness (QED) is 0.891. The molecule has 0 radical (unpaired) electrons. The number of nitrogens with one attached hydrogen (secondary N) is 1. The minimum atomic E-state index is -0.513. The van der Waals surface area contributed by atoms with Crippen LogP contribution < -0.4 is 5.32 Å². The molecule has 2 N–H and O–H groups in total. The number of carbonyl (C=O) groups is 1. The second-order valence-electron chi connectivity index (χ2n) is 5.15. The maximum atomic E-state index is 12.2. The van der Waals surface area contributed by atoms with Crippen LogP contribution in [0.2, 0.25) is 0 Å². The number of rotatable bonds is 4. The lowest BCUT2D eigenvalue weighted by atomic mass is 9.99. The molecule has 0 bridgehead atoms. The van der Waals surface area contributed by atoms with Gasteiger partial charge in [0, 0.05) is 6.07 Å². The summed E-state index contributed by atoms with van der Waals surface area (Å²) in [6, 6.07) is 5.00. The van der Waals surface area contributed by atoms with Crippen LogP contribution >= 0.6 is 0 Å². The van der Waals surface area contributed by atoms with Crippen molar-refractivity contribution in [2.75, 3.05) is 6.61 Å². The van der Waals surface area contributed by atoms with E-state index in [1.165, 1.54) is 12.3 Å². The maximum Gasteiger partial charge on any atom is 0.273 e. The second-order valence-corrected chi connectivity index (χ2v) is 5.15. The molecule has 106 valence electrons. The Balaban J connectivity index is 1.74. The summed E-state index contributed by atoms with van der Waals surface area (Å²) in [6.07, 6.45) is 5.13. The summed E-state index contributed by atoms with van der Waals surface area (Å²) in [5.74, 6) is 0.599. The van der Waals surface area contributed by atoms with Gasteiger partial charge in [-0.1, -0.05) is 18.0 Å². The third-order valence-electron chi connectivity index (χ3n) is 3.75. The molecule has 2 aromatic heterocycles. The molecule has 0 saturated heterocycles. The first-order chi connectivity index (χ1) is 9.72. The lowest BCUT2D eigenvalue weighted by molar-refractivity contribution is 0.0829. The van der Waals surface area contributed by atoms with Gasteiger partial charge in [-0.25, -0.2) is 0 Å². The fraction of sp³-hybridized carbons (Fsp3) is 0.429. The van der Waals surface area contributed by atoms with Crippen molar-refractivity contribution >= 4 is 5.91 Å². The summed E-state index contributed by atoms with van der Waals surface area (Å²) >= 11 is 0. The Labute approximate surface area is 115 Å². The van der Waals surface area contributed by atoms with Crippen LogP contribution in [-0.4, -0.2) is 28.3 Å². The van der Waals surface area contributed by atoms with Crippen molar-refractivity contribution in [3.8, 4) is 11.5 Å². The van der Waals surface area contributed by atoms with Gasteiger partial charge in [-0.05, 0) is 25.0 Å². The van der Waals surface area contributed by atoms with Gasteiger partial charge in [0.1, 0.15) is 0 Å².